The molecule has 8 aromatic carbocycles. The number of benzene rings is 8. The highest BCUT2D eigenvalue weighted by molar-refractivity contribution is 7.25. The first-order valence-electron chi connectivity index (χ1n) is 16.9. The van der Waals surface area contributed by atoms with Gasteiger partial charge in [0.2, 0.25) is 0 Å². The van der Waals surface area contributed by atoms with Crippen molar-refractivity contribution in [3.8, 4) is 5.69 Å². The van der Waals surface area contributed by atoms with Crippen molar-refractivity contribution in [1.82, 2.24) is 4.57 Å². The maximum Gasteiger partial charge on any atom is 0.138 e. The molecule has 0 spiro atoms. The summed E-state index contributed by atoms with van der Waals surface area (Å²) < 4.78 is 11.5. The van der Waals surface area contributed by atoms with Gasteiger partial charge in [0.25, 0.3) is 0 Å². The fourth-order valence-electron chi connectivity index (χ4n) is 7.99. The molecule has 0 aliphatic rings. The lowest BCUT2D eigenvalue weighted by Crippen LogP contribution is -2.10. The van der Waals surface area contributed by atoms with Gasteiger partial charge in [0.1, 0.15) is 11.2 Å². The molecule has 0 radical (unpaired) electrons. The Hall–Kier alpha value is -6.36. The first-order valence-corrected chi connectivity index (χ1v) is 17.7. The van der Waals surface area contributed by atoms with Gasteiger partial charge in [0.05, 0.1) is 16.7 Å². The summed E-state index contributed by atoms with van der Waals surface area (Å²) in [6, 6.07) is 61.3. The van der Waals surface area contributed by atoms with E-state index in [4.69, 9.17) is 4.42 Å². The number of thiophene rings is 1. The largest absolute Gasteiger partial charge is 0.456 e. The van der Waals surface area contributed by atoms with Gasteiger partial charge in [-0.05, 0) is 60.0 Å². The molecule has 0 saturated heterocycles. The molecule has 0 saturated carbocycles. The number of hydrogen-bond donors (Lipinski definition) is 0. The molecule has 0 atom stereocenters. The van der Waals surface area contributed by atoms with E-state index >= 15 is 0 Å². The predicted octanol–water partition coefficient (Wildman–Crippen LogP) is 13.7. The summed E-state index contributed by atoms with van der Waals surface area (Å²) in [6.07, 6.45) is 0. The van der Waals surface area contributed by atoms with E-state index in [1.807, 2.05) is 17.4 Å². The zero-order valence-electron chi connectivity index (χ0n) is 26.9. The molecule has 0 unspecified atom stereocenters. The Labute approximate surface area is 291 Å². The minimum Gasteiger partial charge on any atom is -0.456 e. The van der Waals surface area contributed by atoms with E-state index in [1.54, 1.807) is 0 Å². The summed E-state index contributed by atoms with van der Waals surface area (Å²) >= 11 is 1.85. The molecule has 0 aliphatic carbocycles. The van der Waals surface area contributed by atoms with Crippen LogP contribution in [0.3, 0.4) is 0 Å². The monoisotopic (exact) mass is 656 g/mol. The molecule has 11 aromatic rings. The highest BCUT2D eigenvalue weighted by Gasteiger charge is 2.22. The second kappa shape index (κ2) is 10.6. The third kappa shape index (κ3) is 3.97. The van der Waals surface area contributed by atoms with Gasteiger partial charge in [-0.3, -0.25) is 0 Å². The van der Waals surface area contributed by atoms with Crippen LogP contribution >= 0.6 is 11.3 Å². The number of rotatable bonds is 4. The lowest BCUT2D eigenvalue weighted by Gasteiger charge is -2.27. The molecule has 3 nitrogen and oxygen atoms in total. The zero-order valence-corrected chi connectivity index (χ0v) is 27.7. The van der Waals surface area contributed by atoms with Crippen molar-refractivity contribution >= 4 is 103 Å². The Bertz CT molecular complexity index is 3110. The van der Waals surface area contributed by atoms with Crippen molar-refractivity contribution < 1.29 is 4.42 Å². The van der Waals surface area contributed by atoms with Crippen LogP contribution < -0.4 is 4.90 Å². The van der Waals surface area contributed by atoms with Crippen LogP contribution in [0.15, 0.2) is 174 Å². The summed E-state index contributed by atoms with van der Waals surface area (Å²) in [4.78, 5) is 2.42. The fraction of sp³-hybridized carbons (Fsp3) is 0. The standard InChI is InChI=1S/C46H28N2OS/c1-2-12-29(13-3-1)48-39-19-9-6-14-32(39)34-24-22-30(26-40(34)48)47(31-23-25-36-35-16-8-11-21-44(35)50-45(36)27-31)41-28-43-46(37-17-5-4-15-33(37)41)38-18-7-10-20-42(38)49-43/h1-28H. The molecule has 0 aliphatic heterocycles. The summed E-state index contributed by atoms with van der Waals surface area (Å²) in [6.45, 7) is 0. The Morgan fingerprint density at radius 3 is 1.90 bits per heavy atom. The minimum atomic E-state index is 0.882. The van der Waals surface area contributed by atoms with Crippen molar-refractivity contribution in [2.24, 2.45) is 0 Å². The molecule has 0 fully saturated rings. The average molecular weight is 657 g/mol. The molecular weight excluding hydrogens is 629 g/mol. The van der Waals surface area contributed by atoms with E-state index in [0.29, 0.717) is 0 Å². The van der Waals surface area contributed by atoms with Crippen LogP contribution in [-0.4, -0.2) is 4.57 Å². The van der Waals surface area contributed by atoms with Crippen molar-refractivity contribution in [2.45, 2.75) is 0 Å². The van der Waals surface area contributed by atoms with Gasteiger partial charge in [0.15, 0.2) is 0 Å². The molecule has 3 aromatic heterocycles. The average Bonchev–Trinajstić information content (AvgIpc) is 3.84. The molecule has 4 heteroatoms. The van der Waals surface area contributed by atoms with Crippen molar-refractivity contribution in [2.75, 3.05) is 4.90 Å². The van der Waals surface area contributed by atoms with Crippen LogP contribution in [0.25, 0.3) is 80.4 Å². The van der Waals surface area contributed by atoms with Crippen molar-refractivity contribution in [3.63, 3.8) is 0 Å². The van der Waals surface area contributed by atoms with Crippen LogP contribution in [0.5, 0.6) is 0 Å². The first kappa shape index (κ1) is 27.6. The van der Waals surface area contributed by atoms with Gasteiger partial charge in [-0.25, -0.2) is 0 Å². The SMILES string of the molecule is c1ccc(-n2c3ccccc3c3ccc(N(c4ccc5c(c4)sc4ccccc45)c4cc5oc6ccccc6c5c5ccccc45)cc32)cc1. The normalized spacial score (nSPS) is 12.0. The molecule has 234 valence electrons. The van der Waals surface area contributed by atoms with Gasteiger partial charge < -0.3 is 13.9 Å². The van der Waals surface area contributed by atoms with E-state index in [9.17, 15) is 0 Å². The number of hydrogen-bond acceptors (Lipinski definition) is 3. The van der Waals surface area contributed by atoms with E-state index in [0.717, 1.165) is 50.2 Å². The van der Waals surface area contributed by atoms with Crippen LogP contribution in [-0.2, 0) is 0 Å². The van der Waals surface area contributed by atoms with Crippen LogP contribution in [0.1, 0.15) is 0 Å². The summed E-state index contributed by atoms with van der Waals surface area (Å²) in [7, 11) is 0. The smallest absolute Gasteiger partial charge is 0.138 e. The molecule has 0 bridgehead atoms. The third-order valence-corrected chi connectivity index (χ3v) is 11.3. The maximum atomic E-state index is 6.59. The van der Waals surface area contributed by atoms with E-state index < -0.39 is 0 Å². The Balaban J connectivity index is 1.24. The number of anilines is 3. The highest BCUT2D eigenvalue weighted by Crippen LogP contribution is 2.47. The quantitative estimate of drug-likeness (QED) is 0.188. The number of aromatic nitrogens is 1. The Kier molecular flexibility index (Phi) is 5.83. The second-order valence-electron chi connectivity index (χ2n) is 12.9. The summed E-state index contributed by atoms with van der Waals surface area (Å²) in [5.41, 5.74) is 8.54. The Morgan fingerprint density at radius 1 is 0.420 bits per heavy atom. The lowest BCUT2D eigenvalue weighted by atomic mass is 10.0. The van der Waals surface area contributed by atoms with Gasteiger partial charge in [-0.1, -0.05) is 109 Å². The van der Waals surface area contributed by atoms with Gasteiger partial charge in [0, 0.05) is 70.2 Å². The molecule has 0 N–H and O–H groups in total. The number of furan rings is 1. The minimum absolute atomic E-state index is 0.882. The Morgan fingerprint density at radius 2 is 1.04 bits per heavy atom. The summed E-state index contributed by atoms with van der Waals surface area (Å²) in [5.74, 6) is 0. The summed E-state index contributed by atoms with van der Waals surface area (Å²) in [5, 5.41) is 9.69. The molecule has 50 heavy (non-hydrogen) atoms. The van der Waals surface area contributed by atoms with Crippen molar-refractivity contribution in [1.29, 1.82) is 0 Å². The number of nitrogens with zero attached hydrogens (tertiary/aromatic N) is 2. The fourth-order valence-corrected chi connectivity index (χ4v) is 9.13. The number of para-hydroxylation sites is 3. The van der Waals surface area contributed by atoms with Crippen LogP contribution in [0, 0.1) is 0 Å². The molecular formula is C46H28N2OS. The topological polar surface area (TPSA) is 21.3 Å². The van der Waals surface area contributed by atoms with Crippen LogP contribution in [0.2, 0.25) is 0 Å². The predicted molar refractivity (Wildman–Crippen MR) is 213 cm³/mol. The van der Waals surface area contributed by atoms with Crippen LogP contribution in [0.4, 0.5) is 17.1 Å². The number of fused-ring (bicyclic) bond motifs is 11. The maximum absolute atomic E-state index is 6.59. The lowest BCUT2D eigenvalue weighted by molar-refractivity contribution is 0.669. The highest BCUT2D eigenvalue weighted by atomic mass is 32.1. The third-order valence-electron chi connectivity index (χ3n) is 10.2. The van der Waals surface area contributed by atoms with Gasteiger partial charge in [-0.2, -0.15) is 0 Å². The van der Waals surface area contributed by atoms with Gasteiger partial charge in [-0.15, -0.1) is 11.3 Å². The molecule has 0 amide bonds. The van der Waals surface area contributed by atoms with Crippen molar-refractivity contribution in [3.05, 3.63) is 170 Å². The van der Waals surface area contributed by atoms with Gasteiger partial charge >= 0.3 is 0 Å². The van der Waals surface area contributed by atoms with E-state index in [2.05, 4.69) is 173 Å². The zero-order chi connectivity index (χ0) is 32.8. The first-order chi connectivity index (χ1) is 24.8. The second-order valence-corrected chi connectivity index (χ2v) is 14.0. The molecule has 11 rings (SSSR count). The molecule has 3 heterocycles. The van der Waals surface area contributed by atoms with E-state index in [-0.39, 0.29) is 0 Å². The van der Waals surface area contributed by atoms with E-state index in [1.165, 1.54) is 47.2 Å².